The lowest BCUT2D eigenvalue weighted by molar-refractivity contribution is -0.386. The van der Waals surface area contributed by atoms with E-state index in [-0.39, 0.29) is 11.3 Å². The van der Waals surface area contributed by atoms with Crippen LogP contribution >= 0.6 is 0 Å². The molecular weight excluding hydrogens is 272 g/mol. The Hall–Kier alpha value is -2.52. The molecule has 108 valence electrons. The first-order valence-electron chi connectivity index (χ1n) is 5.39. The zero-order valence-corrected chi connectivity index (χ0v) is 10.1. The van der Waals surface area contributed by atoms with Gasteiger partial charge < -0.3 is 20.7 Å². The molecule has 0 heterocycles. The van der Waals surface area contributed by atoms with E-state index in [1.807, 2.05) is 0 Å². The van der Waals surface area contributed by atoms with Gasteiger partial charge in [0.15, 0.2) is 6.10 Å². The van der Waals surface area contributed by atoms with Gasteiger partial charge in [0, 0.05) is 6.07 Å². The highest BCUT2D eigenvalue weighted by molar-refractivity contribution is 5.84. The number of nitro groups is 1. The van der Waals surface area contributed by atoms with Gasteiger partial charge in [0.1, 0.15) is 6.04 Å². The van der Waals surface area contributed by atoms with E-state index in [0.717, 1.165) is 0 Å². The lowest BCUT2D eigenvalue weighted by Crippen LogP contribution is -2.47. The van der Waals surface area contributed by atoms with Crippen molar-refractivity contribution >= 4 is 17.6 Å². The lowest BCUT2D eigenvalue weighted by Gasteiger charge is -2.17. The first-order chi connectivity index (χ1) is 9.34. The van der Waals surface area contributed by atoms with Crippen molar-refractivity contribution in [3.05, 3.63) is 39.9 Å². The highest BCUT2D eigenvalue weighted by Gasteiger charge is 2.32. The van der Waals surface area contributed by atoms with Gasteiger partial charge >= 0.3 is 11.9 Å². The highest BCUT2D eigenvalue weighted by atomic mass is 16.6. The van der Waals surface area contributed by atoms with Crippen LogP contribution in [0.25, 0.3) is 0 Å². The molecule has 2 atom stereocenters. The van der Waals surface area contributed by atoms with Crippen LogP contribution in [0.5, 0.6) is 0 Å². The molecule has 1 rings (SSSR count). The minimum atomic E-state index is -1.80. The van der Waals surface area contributed by atoms with Gasteiger partial charge in [0.05, 0.1) is 17.1 Å². The first kappa shape index (κ1) is 15.5. The van der Waals surface area contributed by atoms with Crippen molar-refractivity contribution in [1.29, 1.82) is 0 Å². The van der Waals surface area contributed by atoms with E-state index in [1.54, 1.807) is 0 Å². The normalized spacial score (nSPS) is 13.4. The molecule has 0 unspecified atom stereocenters. The van der Waals surface area contributed by atoms with E-state index < -0.39 is 35.6 Å². The number of hydrogen-bond acceptors (Lipinski definition) is 6. The molecule has 1 aromatic carbocycles. The van der Waals surface area contributed by atoms with Crippen LogP contribution < -0.4 is 5.73 Å². The average Bonchev–Trinajstić information content (AvgIpc) is 2.38. The summed E-state index contributed by atoms with van der Waals surface area (Å²) in [5, 5.41) is 28.3. The Morgan fingerprint density at radius 2 is 1.90 bits per heavy atom. The maximum Gasteiger partial charge on any atom is 0.335 e. The molecule has 0 aromatic heterocycles. The van der Waals surface area contributed by atoms with Gasteiger partial charge in [-0.1, -0.05) is 12.1 Å². The van der Waals surface area contributed by atoms with Crippen molar-refractivity contribution in [2.75, 3.05) is 0 Å². The number of nitrogens with two attached hydrogens (primary N) is 1. The minimum Gasteiger partial charge on any atom is -0.480 e. The molecule has 0 aliphatic heterocycles. The topological polar surface area (TPSA) is 153 Å². The van der Waals surface area contributed by atoms with Crippen LogP contribution in [0.15, 0.2) is 24.3 Å². The summed E-state index contributed by atoms with van der Waals surface area (Å²) in [4.78, 5) is 31.6. The van der Waals surface area contributed by atoms with E-state index in [4.69, 9.17) is 20.7 Å². The SMILES string of the molecule is N[C@H](C(=O)O)[C@H](OCc1ccccc1[N+](=O)[O-])C(=O)O. The second-order valence-corrected chi connectivity index (χ2v) is 3.82. The molecule has 1 aromatic rings. The first-order valence-corrected chi connectivity index (χ1v) is 5.39. The molecule has 0 radical (unpaired) electrons. The van der Waals surface area contributed by atoms with Crippen molar-refractivity contribution in [2.45, 2.75) is 18.8 Å². The largest absolute Gasteiger partial charge is 0.480 e. The second kappa shape index (κ2) is 6.59. The van der Waals surface area contributed by atoms with Gasteiger partial charge in [-0.3, -0.25) is 14.9 Å². The van der Waals surface area contributed by atoms with Gasteiger partial charge in [-0.05, 0) is 6.07 Å². The van der Waals surface area contributed by atoms with Crippen molar-refractivity contribution in [2.24, 2.45) is 5.73 Å². The molecule has 0 aliphatic carbocycles. The van der Waals surface area contributed by atoms with E-state index in [0.29, 0.717) is 0 Å². The molecule has 9 heteroatoms. The summed E-state index contributed by atoms with van der Waals surface area (Å²) in [6.07, 6.45) is -1.80. The van der Waals surface area contributed by atoms with E-state index >= 15 is 0 Å². The van der Waals surface area contributed by atoms with Crippen molar-refractivity contribution in [1.82, 2.24) is 0 Å². The summed E-state index contributed by atoms with van der Waals surface area (Å²) in [5.41, 5.74) is 5.06. The third-order valence-corrected chi connectivity index (χ3v) is 2.46. The van der Waals surface area contributed by atoms with E-state index in [1.165, 1.54) is 24.3 Å². The summed E-state index contributed by atoms with van der Waals surface area (Å²) < 4.78 is 4.89. The third-order valence-electron chi connectivity index (χ3n) is 2.46. The molecule has 0 aliphatic rings. The fourth-order valence-corrected chi connectivity index (χ4v) is 1.45. The Kier molecular flexibility index (Phi) is 5.12. The maximum atomic E-state index is 10.9. The number of para-hydroxylation sites is 1. The Balaban J connectivity index is 2.86. The van der Waals surface area contributed by atoms with Crippen LogP contribution in [0.2, 0.25) is 0 Å². The number of nitro benzene ring substituents is 1. The fraction of sp³-hybridized carbons (Fsp3) is 0.273. The molecule has 0 amide bonds. The number of hydrogen-bond donors (Lipinski definition) is 3. The predicted molar refractivity (Wildman–Crippen MR) is 64.9 cm³/mol. The molecular formula is C11H12N2O7. The van der Waals surface area contributed by atoms with Crippen LogP contribution in [0.3, 0.4) is 0 Å². The number of aliphatic carboxylic acids is 2. The molecule has 0 saturated heterocycles. The summed E-state index contributed by atoms with van der Waals surface area (Å²) in [6, 6.07) is 3.79. The van der Waals surface area contributed by atoms with Gasteiger partial charge in [0.2, 0.25) is 0 Å². The van der Waals surface area contributed by atoms with Crippen LogP contribution in [-0.4, -0.2) is 39.2 Å². The number of rotatable bonds is 7. The number of carbonyl (C=O) groups is 2. The number of ether oxygens (including phenoxy) is 1. The monoisotopic (exact) mass is 284 g/mol. The van der Waals surface area contributed by atoms with Crippen LogP contribution in [-0.2, 0) is 20.9 Å². The summed E-state index contributed by atoms with van der Waals surface area (Å²) in [6.45, 7) is -0.435. The van der Waals surface area contributed by atoms with Gasteiger partial charge in [-0.15, -0.1) is 0 Å². The van der Waals surface area contributed by atoms with Crippen LogP contribution in [0.1, 0.15) is 5.56 Å². The predicted octanol–water partition coefficient (Wildman–Crippen LogP) is -0.0235. The molecule has 9 nitrogen and oxygen atoms in total. The molecule has 0 saturated carbocycles. The average molecular weight is 284 g/mol. The van der Waals surface area contributed by atoms with Crippen LogP contribution in [0, 0.1) is 10.1 Å². The standard InChI is InChI=1S/C11H12N2O7/c12-8(10(14)15)9(11(16)17)20-5-6-3-1-2-4-7(6)13(18)19/h1-4,8-9H,5,12H2,(H,14,15)(H,16,17)/t8-,9-/m0/s1. The van der Waals surface area contributed by atoms with Crippen molar-refractivity contribution < 1.29 is 29.5 Å². The quantitative estimate of drug-likeness (QED) is 0.466. The zero-order valence-electron chi connectivity index (χ0n) is 10.1. The Morgan fingerprint density at radius 1 is 1.30 bits per heavy atom. The molecule has 0 spiro atoms. The van der Waals surface area contributed by atoms with Crippen molar-refractivity contribution in [3.8, 4) is 0 Å². The zero-order chi connectivity index (χ0) is 15.3. The fourth-order valence-electron chi connectivity index (χ4n) is 1.45. The Bertz CT molecular complexity index is 531. The summed E-state index contributed by atoms with van der Waals surface area (Å²) >= 11 is 0. The summed E-state index contributed by atoms with van der Waals surface area (Å²) in [5.74, 6) is -3.10. The van der Waals surface area contributed by atoms with E-state index in [9.17, 15) is 19.7 Å². The van der Waals surface area contributed by atoms with Gasteiger partial charge in [0.25, 0.3) is 5.69 Å². The minimum absolute atomic E-state index is 0.126. The molecule has 0 bridgehead atoms. The smallest absolute Gasteiger partial charge is 0.335 e. The number of benzene rings is 1. The van der Waals surface area contributed by atoms with E-state index in [2.05, 4.69) is 0 Å². The Labute approximate surface area is 112 Å². The second-order valence-electron chi connectivity index (χ2n) is 3.82. The number of carboxylic acid groups (broad SMARTS) is 2. The van der Waals surface area contributed by atoms with Crippen LogP contribution in [0.4, 0.5) is 5.69 Å². The molecule has 4 N–H and O–H groups in total. The maximum absolute atomic E-state index is 10.9. The molecule has 20 heavy (non-hydrogen) atoms. The van der Waals surface area contributed by atoms with Gasteiger partial charge in [-0.2, -0.15) is 0 Å². The third kappa shape index (κ3) is 3.73. The highest BCUT2D eigenvalue weighted by Crippen LogP contribution is 2.19. The van der Waals surface area contributed by atoms with Gasteiger partial charge in [-0.25, -0.2) is 4.79 Å². The lowest BCUT2D eigenvalue weighted by atomic mass is 10.1. The van der Waals surface area contributed by atoms with Crippen molar-refractivity contribution in [3.63, 3.8) is 0 Å². The number of nitrogens with zero attached hydrogens (tertiary/aromatic N) is 1. The molecule has 0 fully saturated rings. The summed E-state index contributed by atoms with van der Waals surface area (Å²) in [7, 11) is 0. The number of carboxylic acids is 2. The Morgan fingerprint density at radius 3 is 2.40 bits per heavy atom.